The zero-order valence-electron chi connectivity index (χ0n) is 15.2. The van der Waals surface area contributed by atoms with Gasteiger partial charge in [0.1, 0.15) is 12.1 Å². The third-order valence-corrected chi connectivity index (χ3v) is 5.68. The zero-order valence-corrected chi connectivity index (χ0v) is 17.7. The average Bonchev–Trinajstić information content (AvgIpc) is 3.17. The van der Waals surface area contributed by atoms with Gasteiger partial charge < -0.3 is 15.5 Å². The molecule has 0 saturated carbocycles. The van der Waals surface area contributed by atoms with E-state index in [1.165, 1.54) is 0 Å². The molecule has 3 aromatic rings. The number of carbonyl (C=O) groups is 1. The topological polar surface area (TPSA) is 75.4 Å². The Bertz CT molecular complexity index is 899. The second kappa shape index (κ2) is 10.0. The number of halogens is 2. The Labute approximate surface area is 180 Å². The van der Waals surface area contributed by atoms with Crippen LogP contribution in [0.1, 0.15) is 18.0 Å². The molecule has 0 spiro atoms. The molecule has 4 rings (SSSR count). The van der Waals surface area contributed by atoms with Crippen LogP contribution in [0.4, 0.5) is 5.82 Å². The lowest BCUT2D eigenvalue weighted by molar-refractivity contribution is -0.131. The molecule has 1 atom stereocenters. The second-order valence-corrected chi connectivity index (χ2v) is 7.34. The third-order valence-electron chi connectivity index (χ3n) is 4.78. The van der Waals surface area contributed by atoms with Crippen molar-refractivity contribution < 1.29 is 4.79 Å². The number of thiophene rings is 1. The van der Waals surface area contributed by atoms with Crippen LogP contribution in [0.15, 0.2) is 48.1 Å². The van der Waals surface area contributed by atoms with Crippen LogP contribution in [-0.2, 0) is 4.79 Å². The number of piperazine rings is 1. The number of anilines is 1. The van der Waals surface area contributed by atoms with E-state index in [4.69, 9.17) is 5.73 Å². The summed E-state index contributed by atoms with van der Waals surface area (Å²) < 4.78 is 1.11. The lowest BCUT2D eigenvalue weighted by atomic mass is 10.0. The normalized spacial score (nSPS) is 14.9. The van der Waals surface area contributed by atoms with E-state index in [9.17, 15) is 4.79 Å². The van der Waals surface area contributed by atoms with Crippen LogP contribution in [0.2, 0.25) is 0 Å². The molecule has 2 aromatic heterocycles. The highest BCUT2D eigenvalue weighted by Crippen LogP contribution is 2.28. The monoisotopic (exact) mass is 439 g/mol. The van der Waals surface area contributed by atoms with Crippen molar-refractivity contribution in [3.63, 3.8) is 0 Å². The third kappa shape index (κ3) is 4.72. The highest BCUT2D eigenvalue weighted by Gasteiger charge is 2.24. The van der Waals surface area contributed by atoms with Gasteiger partial charge in [-0.3, -0.25) is 4.79 Å². The lowest BCUT2D eigenvalue weighted by Crippen LogP contribution is -2.49. The van der Waals surface area contributed by atoms with Gasteiger partial charge in [-0.1, -0.05) is 30.3 Å². The summed E-state index contributed by atoms with van der Waals surface area (Å²) in [7, 11) is 0. The molecule has 0 aliphatic carbocycles. The van der Waals surface area contributed by atoms with Crippen LogP contribution in [0.25, 0.3) is 10.2 Å². The number of benzene rings is 1. The molecule has 1 aromatic carbocycles. The number of fused-ring (bicyclic) bond motifs is 1. The summed E-state index contributed by atoms with van der Waals surface area (Å²) in [6.45, 7) is 2.93. The molecule has 1 fully saturated rings. The minimum atomic E-state index is -0.255. The molecular formula is C19H23Cl2N5OS. The number of carbonyl (C=O) groups excluding carboxylic acids is 1. The van der Waals surface area contributed by atoms with Crippen molar-refractivity contribution in [2.75, 3.05) is 31.1 Å². The highest BCUT2D eigenvalue weighted by atomic mass is 35.5. The molecular weight excluding hydrogens is 417 g/mol. The van der Waals surface area contributed by atoms with Crippen molar-refractivity contribution in [1.29, 1.82) is 0 Å². The van der Waals surface area contributed by atoms with E-state index in [-0.39, 0.29) is 36.8 Å². The number of aromatic nitrogens is 2. The first-order chi connectivity index (χ1) is 12.7. The van der Waals surface area contributed by atoms with E-state index in [1.54, 1.807) is 17.7 Å². The highest BCUT2D eigenvalue weighted by molar-refractivity contribution is 7.17. The molecule has 1 unspecified atom stereocenters. The first-order valence-corrected chi connectivity index (χ1v) is 9.62. The molecule has 1 aliphatic heterocycles. The van der Waals surface area contributed by atoms with Gasteiger partial charge in [-0.15, -0.1) is 36.2 Å². The van der Waals surface area contributed by atoms with Gasteiger partial charge in [0.15, 0.2) is 0 Å². The fraction of sp³-hybridized carbons (Fsp3) is 0.316. The molecule has 0 bridgehead atoms. The van der Waals surface area contributed by atoms with E-state index in [0.717, 1.165) is 34.7 Å². The van der Waals surface area contributed by atoms with Gasteiger partial charge in [0, 0.05) is 38.6 Å². The first kappa shape index (κ1) is 22.4. The number of hydrogen-bond donors (Lipinski definition) is 1. The Morgan fingerprint density at radius 1 is 1.07 bits per heavy atom. The van der Waals surface area contributed by atoms with Gasteiger partial charge in [-0.05, 0) is 17.0 Å². The Morgan fingerprint density at radius 2 is 1.79 bits per heavy atom. The fourth-order valence-corrected chi connectivity index (χ4v) is 4.17. The summed E-state index contributed by atoms with van der Waals surface area (Å²) in [5.41, 5.74) is 8.18. The maximum atomic E-state index is 12.6. The van der Waals surface area contributed by atoms with Crippen molar-refractivity contribution in [2.45, 2.75) is 12.5 Å². The summed E-state index contributed by atoms with van der Waals surface area (Å²) in [6.07, 6.45) is 1.95. The van der Waals surface area contributed by atoms with Gasteiger partial charge in [0.2, 0.25) is 5.91 Å². The van der Waals surface area contributed by atoms with Gasteiger partial charge >= 0.3 is 0 Å². The van der Waals surface area contributed by atoms with Crippen LogP contribution in [0, 0.1) is 0 Å². The molecule has 1 amide bonds. The van der Waals surface area contributed by atoms with Crippen molar-refractivity contribution in [3.05, 3.63) is 53.7 Å². The minimum absolute atomic E-state index is 0. The van der Waals surface area contributed by atoms with Crippen molar-refractivity contribution in [1.82, 2.24) is 14.9 Å². The molecule has 3 heterocycles. The van der Waals surface area contributed by atoms with Gasteiger partial charge in [0.05, 0.1) is 10.2 Å². The maximum Gasteiger partial charge on any atom is 0.224 e. The van der Waals surface area contributed by atoms with Crippen LogP contribution in [-0.4, -0.2) is 47.0 Å². The molecule has 1 saturated heterocycles. The Hall–Kier alpha value is -1.93. The standard InChI is InChI=1S/C19H21N5OS.2ClH/c20-15(14-4-2-1-3-5-14)12-17(25)23-7-9-24(10-8-23)19-18-16(6-11-26-18)21-13-22-19;;/h1-6,11,13,15H,7-10,12,20H2;2*1H. The van der Waals surface area contributed by atoms with Crippen LogP contribution in [0.3, 0.4) is 0 Å². The Morgan fingerprint density at radius 3 is 2.50 bits per heavy atom. The first-order valence-electron chi connectivity index (χ1n) is 8.74. The zero-order chi connectivity index (χ0) is 17.9. The van der Waals surface area contributed by atoms with Crippen LogP contribution in [0.5, 0.6) is 0 Å². The maximum absolute atomic E-state index is 12.6. The summed E-state index contributed by atoms with van der Waals surface area (Å²) in [5, 5.41) is 2.04. The molecule has 2 N–H and O–H groups in total. The lowest BCUT2D eigenvalue weighted by Gasteiger charge is -2.36. The SMILES string of the molecule is Cl.Cl.NC(CC(=O)N1CCN(c2ncnc3ccsc23)CC1)c1ccccc1. The number of amides is 1. The van der Waals surface area contributed by atoms with E-state index in [1.807, 2.05) is 46.7 Å². The average molecular weight is 440 g/mol. The van der Waals surface area contributed by atoms with E-state index in [0.29, 0.717) is 19.5 Å². The van der Waals surface area contributed by atoms with Gasteiger partial charge in [0.25, 0.3) is 0 Å². The summed E-state index contributed by atoms with van der Waals surface area (Å²) in [5.74, 6) is 1.09. The Balaban J connectivity index is 0.00000140. The van der Waals surface area contributed by atoms with E-state index < -0.39 is 0 Å². The van der Waals surface area contributed by atoms with E-state index in [2.05, 4.69) is 14.9 Å². The molecule has 1 aliphatic rings. The predicted octanol–water partition coefficient (Wildman–Crippen LogP) is 3.27. The van der Waals surface area contributed by atoms with Crippen molar-refractivity contribution in [3.8, 4) is 0 Å². The molecule has 28 heavy (non-hydrogen) atoms. The largest absolute Gasteiger partial charge is 0.352 e. The Kier molecular flexibility index (Phi) is 8.00. The summed E-state index contributed by atoms with van der Waals surface area (Å²) in [6, 6.07) is 11.5. The van der Waals surface area contributed by atoms with Crippen LogP contribution < -0.4 is 10.6 Å². The molecule has 150 valence electrons. The van der Waals surface area contributed by atoms with Gasteiger partial charge in [-0.25, -0.2) is 9.97 Å². The number of rotatable bonds is 4. The van der Waals surface area contributed by atoms with Crippen LogP contribution >= 0.6 is 36.2 Å². The van der Waals surface area contributed by atoms with E-state index >= 15 is 0 Å². The van der Waals surface area contributed by atoms with Crippen molar-refractivity contribution >= 4 is 58.1 Å². The second-order valence-electron chi connectivity index (χ2n) is 6.42. The minimum Gasteiger partial charge on any atom is -0.352 e. The molecule has 9 heteroatoms. The molecule has 0 radical (unpaired) electrons. The number of nitrogens with zero attached hydrogens (tertiary/aromatic N) is 4. The number of hydrogen-bond acceptors (Lipinski definition) is 6. The quantitative estimate of drug-likeness (QED) is 0.674. The smallest absolute Gasteiger partial charge is 0.224 e. The number of nitrogens with two attached hydrogens (primary N) is 1. The summed E-state index contributed by atoms with van der Waals surface area (Å²) >= 11 is 1.66. The predicted molar refractivity (Wildman–Crippen MR) is 119 cm³/mol. The summed E-state index contributed by atoms with van der Waals surface area (Å²) in [4.78, 5) is 25.5. The molecule has 6 nitrogen and oxygen atoms in total. The van der Waals surface area contributed by atoms with Gasteiger partial charge in [-0.2, -0.15) is 0 Å². The fourth-order valence-electron chi connectivity index (χ4n) is 3.30. The van der Waals surface area contributed by atoms with Crippen molar-refractivity contribution in [2.24, 2.45) is 5.73 Å².